The van der Waals surface area contributed by atoms with Crippen molar-refractivity contribution in [3.05, 3.63) is 162 Å². The molecular weight excluding hydrogens is 796 g/mol. The Morgan fingerprint density at radius 2 is 1.30 bits per heavy atom. The van der Waals surface area contributed by atoms with Gasteiger partial charge in [0.2, 0.25) is 0 Å². The fourth-order valence-corrected chi connectivity index (χ4v) is 13.1. The van der Waals surface area contributed by atoms with Crippen LogP contribution in [0.25, 0.3) is 91.9 Å². The van der Waals surface area contributed by atoms with E-state index in [2.05, 4.69) is 204 Å². The normalized spacial score (nSPS) is 14.9. The van der Waals surface area contributed by atoms with Crippen molar-refractivity contribution in [1.29, 1.82) is 0 Å². The number of nitrogens with zero attached hydrogens (tertiary/aromatic N) is 2. The molecule has 3 aromatic heterocycles. The fraction of sp³-hybridized carbons (Fsp3) is 0.186. The SMILES string of the molecule is CC(C)(C)c1ccc(N2B3c4cc5c(cc4-n4c6ccc7c(c6c6ccc(c3c64)-c3cc4sc6ccc(C(C)(C)C)cc6c4cc32)-c2ccccc2C7(C)C)oc2ccccc25)cc1. The molecule has 14 rings (SSSR count). The van der Waals surface area contributed by atoms with E-state index in [9.17, 15) is 0 Å². The number of hydrogen-bond donors (Lipinski definition) is 0. The summed E-state index contributed by atoms with van der Waals surface area (Å²) >= 11 is 1.92. The summed E-state index contributed by atoms with van der Waals surface area (Å²) in [6.45, 7) is 18.6. The number of para-hydroxylation sites is 1. The number of benzene rings is 8. The first-order chi connectivity index (χ1) is 30.8. The highest BCUT2D eigenvalue weighted by Crippen LogP contribution is 2.55. The van der Waals surface area contributed by atoms with Gasteiger partial charge in [-0.05, 0) is 109 Å². The molecule has 8 aromatic carbocycles. The Kier molecular flexibility index (Phi) is 6.89. The fourth-order valence-electron chi connectivity index (χ4n) is 12.0. The van der Waals surface area contributed by atoms with Gasteiger partial charge in [0.25, 0.3) is 0 Å². The van der Waals surface area contributed by atoms with Crippen LogP contribution in [0.4, 0.5) is 11.4 Å². The first kappa shape index (κ1) is 36.9. The van der Waals surface area contributed by atoms with Gasteiger partial charge in [0.05, 0.1) is 11.0 Å². The molecular formula is C59H47BN2OS. The molecule has 308 valence electrons. The lowest BCUT2D eigenvalue weighted by Gasteiger charge is -2.42. The Morgan fingerprint density at radius 1 is 0.547 bits per heavy atom. The number of aromatic nitrogens is 1. The smallest absolute Gasteiger partial charge is 0.333 e. The van der Waals surface area contributed by atoms with E-state index in [1.54, 1.807) is 0 Å². The lowest BCUT2D eigenvalue weighted by atomic mass is 9.44. The minimum Gasteiger partial charge on any atom is -0.456 e. The molecule has 0 bridgehead atoms. The summed E-state index contributed by atoms with van der Waals surface area (Å²) in [5.74, 6) is 0. The summed E-state index contributed by atoms with van der Waals surface area (Å²) in [4.78, 5) is 2.69. The first-order valence-electron chi connectivity index (χ1n) is 22.9. The minimum absolute atomic E-state index is 0.0311. The van der Waals surface area contributed by atoms with Gasteiger partial charge >= 0.3 is 6.85 Å². The first-order valence-corrected chi connectivity index (χ1v) is 23.7. The van der Waals surface area contributed by atoms with E-state index < -0.39 is 0 Å². The predicted octanol–water partition coefficient (Wildman–Crippen LogP) is 15.2. The van der Waals surface area contributed by atoms with Crippen molar-refractivity contribution in [3.8, 4) is 27.9 Å². The van der Waals surface area contributed by atoms with E-state index in [1.807, 2.05) is 11.3 Å². The highest BCUT2D eigenvalue weighted by atomic mass is 32.1. The number of hydrogen-bond acceptors (Lipinski definition) is 3. The van der Waals surface area contributed by atoms with Crippen LogP contribution in [0, 0.1) is 0 Å². The predicted molar refractivity (Wildman–Crippen MR) is 275 cm³/mol. The van der Waals surface area contributed by atoms with Crippen LogP contribution in [0.1, 0.15) is 77.6 Å². The van der Waals surface area contributed by atoms with E-state index >= 15 is 0 Å². The molecule has 1 aliphatic carbocycles. The highest BCUT2D eigenvalue weighted by Gasteiger charge is 2.46. The van der Waals surface area contributed by atoms with Crippen LogP contribution >= 0.6 is 11.3 Å². The molecule has 0 saturated carbocycles. The Labute approximate surface area is 377 Å². The monoisotopic (exact) mass is 842 g/mol. The summed E-state index contributed by atoms with van der Waals surface area (Å²) in [6, 6.07) is 53.8. The van der Waals surface area contributed by atoms with Crippen molar-refractivity contribution >= 4 is 104 Å². The summed E-state index contributed by atoms with van der Waals surface area (Å²) in [5.41, 5.74) is 21.4. The molecule has 0 atom stereocenters. The molecule has 0 spiro atoms. The van der Waals surface area contributed by atoms with E-state index in [0.29, 0.717) is 0 Å². The molecule has 0 fully saturated rings. The minimum atomic E-state index is -0.110. The molecule has 0 saturated heterocycles. The third-order valence-corrected chi connectivity index (χ3v) is 16.4. The van der Waals surface area contributed by atoms with Crippen molar-refractivity contribution in [1.82, 2.24) is 4.57 Å². The van der Waals surface area contributed by atoms with Crippen molar-refractivity contribution in [3.63, 3.8) is 0 Å². The van der Waals surface area contributed by atoms with Gasteiger partial charge in [0.1, 0.15) is 11.2 Å². The standard InChI is InChI=1S/C59H47BN2OS/c1-57(2,3)32-17-20-34(21-18-32)62-47-29-42-41-27-33(58(4,5)6)19-26-51(41)64-52(42)30-39(47)36-22-23-38-54-46(25-24-44-53(54)37-14-9-11-15-43(37)59(44,7)8)61-48-31-50-40(35-13-10-12-16-49(35)63-50)28-45(48)60(62)55(36)56(38)61/h9-31H,1-8H3. The lowest BCUT2D eigenvalue weighted by Crippen LogP contribution is -2.60. The van der Waals surface area contributed by atoms with E-state index in [0.717, 1.165) is 21.9 Å². The molecule has 64 heavy (non-hydrogen) atoms. The topological polar surface area (TPSA) is 21.3 Å². The van der Waals surface area contributed by atoms with Gasteiger partial charge in [-0.3, -0.25) is 0 Å². The molecule has 0 N–H and O–H groups in total. The van der Waals surface area contributed by atoms with Crippen LogP contribution in [0.5, 0.6) is 0 Å². The Bertz CT molecular complexity index is 3900. The molecule has 11 aromatic rings. The molecule has 5 heteroatoms. The van der Waals surface area contributed by atoms with Crippen LogP contribution in [-0.2, 0) is 16.2 Å². The summed E-state index contributed by atoms with van der Waals surface area (Å²) in [7, 11) is 0. The van der Waals surface area contributed by atoms with Crippen molar-refractivity contribution in [2.24, 2.45) is 0 Å². The van der Waals surface area contributed by atoms with Crippen molar-refractivity contribution < 1.29 is 4.42 Å². The number of thiophene rings is 1. The van der Waals surface area contributed by atoms with Gasteiger partial charge in [-0.25, -0.2) is 0 Å². The zero-order chi connectivity index (χ0) is 43.3. The molecule has 0 amide bonds. The van der Waals surface area contributed by atoms with E-state index in [1.165, 1.54) is 114 Å². The maximum absolute atomic E-state index is 6.75. The zero-order valence-electron chi connectivity index (χ0n) is 37.6. The van der Waals surface area contributed by atoms with Crippen LogP contribution in [-0.4, -0.2) is 11.4 Å². The second-order valence-electron chi connectivity index (χ2n) is 21.3. The molecule has 5 heterocycles. The maximum atomic E-state index is 6.75. The Hall–Kier alpha value is -6.56. The highest BCUT2D eigenvalue weighted by molar-refractivity contribution is 7.25. The molecule has 3 aliphatic rings. The number of fused-ring (bicyclic) bond motifs is 18. The lowest BCUT2D eigenvalue weighted by molar-refractivity contribution is 0.590. The van der Waals surface area contributed by atoms with Crippen LogP contribution in [0.3, 0.4) is 0 Å². The second-order valence-corrected chi connectivity index (χ2v) is 22.4. The van der Waals surface area contributed by atoms with Gasteiger partial charge in [0.15, 0.2) is 0 Å². The second kappa shape index (κ2) is 12.0. The third-order valence-electron chi connectivity index (χ3n) is 15.3. The van der Waals surface area contributed by atoms with Crippen LogP contribution < -0.4 is 15.7 Å². The third kappa shape index (κ3) is 4.63. The van der Waals surface area contributed by atoms with E-state index in [-0.39, 0.29) is 23.1 Å². The number of anilines is 2. The average molecular weight is 843 g/mol. The molecule has 0 radical (unpaired) electrons. The molecule has 0 unspecified atom stereocenters. The zero-order valence-corrected chi connectivity index (χ0v) is 38.4. The summed E-state index contributed by atoms with van der Waals surface area (Å²) in [6.07, 6.45) is 0. The molecule has 3 nitrogen and oxygen atoms in total. The quantitative estimate of drug-likeness (QED) is 0.154. The number of rotatable bonds is 1. The Morgan fingerprint density at radius 3 is 2.11 bits per heavy atom. The maximum Gasteiger partial charge on any atom is 0.333 e. The summed E-state index contributed by atoms with van der Waals surface area (Å²) in [5, 5.41) is 7.62. The number of furan rings is 1. The van der Waals surface area contributed by atoms with Gasteiger partial charge in [-0.2, -0.15) is 0 Å². The van der Waals surface area contributed by atoms with Crippen LogP contribution in [0.15, 0.2) is 144 Å². The Balaban J connectivity index is 1.16. The summed E-state index contributed by atoms with van der Waals surface area (Å²) < 4.78 is 12.0. The van der Waals surface area contributed by atoms with Gasteiger partial charge < -0.3 is 13.8 Å². The molecule has 2 aliphatic heterocycles. The van der Waals surface area contributed by atoms with Gasteiger partial charge in [-0.1, -0.05) is 140 Å². The van der Waals surface area contributed by atoms with Crippen molar-refractivity contribution in [2.45, 2.75) is 71.6 Å². The van der Waals surface area contributed by atoms with Crippen LogP contribution in [0.2, 0.25) is 0 Å². The van der Waals surface area contributed by atoms with E-state index in [4.69, 9.17) is 4.42 Å². The van der Waals surface area contributed by atoms with Gasteiger partial charge in [0, 0.05) is 75.8 Å². The van der Waals surface area contributed by atoms with Crippen molar-refractivity contribution in [2.75, 3.05) is 4.81 Å². The average Bonchev–Trinajstić information content (AvgIpc) is 4.00. The largest absolute Gasteiger partial charge is 0.456 e. The van der Waals surface area contributed by atoms with Gasteiger partial charge in [-0.15, -0.1) is 11.3 Å².